The summed E-state index contributed by atoms with van der Waals surface area (Å²) in [4.78, 5) is 22.0. The molecule has 16 heavy (non-hydrogen) atoms. The molecule has 0 bridgehead atoms. The normalized spacial score (nSPS) is 10.9. The Morgan fingerprint density at radius 1 is 1.56 bits per heavy atom. The first-order valence-corrected chi connectivity index (χ1v) is 5.25. The molecule has 0 spiro atoms. The molecule has 3 N–H and O–H groups in total. The molecule has 1 rings (SSSR count). The van der Waals surface area contributed by atoms with Crippen LogP contribution in [-0.2, 0) is 4.79 Å². The van der Waals surface area contributed by atoms with Gasteiger partial charge in [-0.05, 0) is 13.8 Å². The summed E-state index contributed by atoms with van der Waals surface area (Å²) in [6, 6.07) is -0.475. The highest BCUT2D eigenvalue weighted by Gasteiger charge is 2.23. The fraction of sp³-hybridized carbons (Fsp3) is 0.500. The Labute approximate surface area is 96.0 Å². The highest BCUT2D eigenvalue weighted by Crippen LogP contribution is 2.11. The van der Waals surface area contributed by atoms with Crippen molar-refractivity contribution in [2.24, 2.45) is 0 Å². The summed E-state index contributed by atoms with van der Waals surface area (Å²) in [5.41, 5.74) is -0.811. The molecule has 0 aromatic carbocycles. The second kappa shape index (κ2) is 4.88. The predicted molar refractivity (Wildman–Crippen MR) is 58.4 cm³/mol. The van der Waals surface area contributed by atoms with Gasteiger partial charge in [-0.25, -0.2) is 4.79 Å². The molecule has 0 unspecified atom stereocenters. The van der Waals surface area contributed by atoms with Crippen LogP contribution in [0.25, 0.3) is 0 Å². The van der Waals surface area contributed by atoms with E-state index >= 15 is 0 Å². The minimum absolute atomic E-state index is 0.151. The summed E-state index contributed by atoms with van der Waals surface area (Å²) in [6.07, 6.45) is 1.26. The Morgan fingerprint density at radius 2 is 2.25 bits per heavy atom. The van der Waals surface area contributed by atoms with E-state index < -0.39 is 17.5 Å². The number of urea groups is 1. The number of hydrogen-bond acceptors (Lipinski definition) is 5. The fourth-order valence-electron chi connectivity index (χ4n) is 1.09. The van der Waals surface area contributed by atoms with E-state index in [2.05, 4.69) is 20.2 Å². The largest absolute Gasteiger partial charge is 0.481 e. The highest BCUT2D eigenvalue weighted by molar-refractivity contribution is 7.10. The number of nitrogens with zero attached hydrogens (tertiary/aromatic N) is 2. The van der Waals surface area contributed by atoms with Crippen molar-refractivity contribution in [2.75, 3.05) is 5.32 Å². The predicted octanol–water partition coefficient (Wildman–Crippen LogP) is 0.913. The smallest absolute Gasteiger partial charge is 0.320 e. The zero-order valence-electron chi connectivity index (χ0n) is 8.85. The Bertz CT molecular complexity index is 377. The highest BCUT2D eigenvalue weighted by atomic mass is 32.1. The second-order valence-corrected chi connectivity index (χ2v) is 4.60. The summed E-state index contributed by atoms with van der Waals surface area (Å²) in [6.45, 7) is 3.26. The number of aliphatic carboxylic acids is 1. The molecule has 0 atom stereocenters. The van der Waals surface area contributed by atoms with Gasteiger partial charge in [0.25, 0.3) is 0 Å². The molecule has 0 aliphatic carbocycles. The maximum absolute atomic E-state index is 11.4. The van der Waals surface area contributed by atoms with Gasteiger partial charge in [-0.1, -0.05) is 4.49 Å². The molecule has 1 aromatic heterocycles. The van der Waals surface area contributed by atoms with E-state index in [1.165, 1.54) is 6.20 Å². The first-order chi connectivity index (χ1) is 7.39. The van der Waals surface area contributed by atoms with Crippen molar-refractivity contribution in [3.8, 4) is 0 Å². The summed E-state index contributed by atoms with van der Waals surface area (Å²) in [5.74, 6) is -0.968. The second-order valence-electron chi connectivity index (χ2n) is 3.82. The monoisotopic (exact) mass is 244 g/mol. The standard InChI is InChI=1S/C8H12N4O3S/c1-8(2,3-6(13)14)11-7(15)10-5-4-9-12-16-5/h4H,3H2,1-2H3,(H,13,14)(H2,10,11,15). The number of carboxylic acids is 1. The average molecular weight is 244 g/mol. The van der Waals surface area contributed by atoms with Gasteiger partial charge in [-0.2, -0.15) is 0 Å². The maximum atomic E-state index is 11.4. The molecular formula is C8H12N4O3S. The number of carbonyl (C=O) groups is 2. The van der Waals surface area contributed by atoms with Crippen molar-refractivity contribution < 1.29 is 14.7 Å². The molecule has 1 heterocycles. The Balaban J connectivity index is 2.47. The summed E-state index contributed by atoms with van der Waals surface area (Å²) in [7, 11) is 0. The van der Waals surface area contributed by atoms with Crippen molar-refractivity contribution in [1.82, 2.24) is 14.9 Å². The van der Waals surface area contributed by atoms with Crippen LogP contribution in [0.4, 0.5) is 9.80 Å². The van der Waals surface area contributed by atoms with E-state index in [1.807, 2.05) is 0 Å². The zero-order chi connectivity index (χ0) is 12.2. The summed E-state index contributed by atoms with van der Waals surface area (Å²) >= 11 is 1.04. The van der Waals surface area contributed by atoms with Gasteiger partial charge in [0.1, 0.15) is 5.00 Å². The van der Waals surface area contributed by atoms with Gasteiger partial charge in [0, 0.05) is 17.1 Å². The van der Waals surface area contributed by atoms with Gasteiger partial charge in [0.15, 0.2) is 0 Å². The number of anilines is 1. The lowest BCUT2D eigenvalue weighted by Crippen LogP contribution is -2.46. The van der Waals surface area contributed by atoms with Crippen LogP contribution in [0.1, 0.15) is 20.3 Å². The Morgan fingerprint density at radius 3 is 2.75 bits per heavy atom. The van der Waals surface area contributed by atoms with E-state index in [4.69, 9.17) is 5.11 Å². The zero-order valence-corrected chi connectivity index (χ0v) is 9.67. The Kier molecular flexibility index (Phi) is 3.78. The van der Waals surface area contributed by atoms with Crippen LogP contribution >= 0.6 is 11.5 Å². The van der Waals surface area contributed by atoms with Crippen LogP contribution in [0.5, 0.6) is 0 Å². The molecule has 0 fully saturated rings. The molecule has 0 saturated carbocycles. The molecule has 7 nitrogen and oxygen atoms in total. The minimum atomic E-state index is -0.968. The van der Waals surface area contributed by atoms with Crippen LogP contribution in [-0.4, -0.2) is 32.2 Å². The fourth-order valence-corrected chi connectivity index (χ4v) is 1.51. The van der Waals surface area contributed by atoms with E-state index in [0.29, 0.717) is 5.00 Å². The minimum Gasteiger partial charge on any atom is -0.481 e. The lowest BCUT2D eigenvalue weighted by molar-refractivity contribution is -0.138. The van der Waals surface area contributed by atoms with Crippen molar-refractivity contribution in [1.29, 1.82) is 0 Å². The molecule has 2 amide bonds. The maximum Gasteiger partial charge on any atom is 0.320 e. The number of aromatic nitrogens is 2. The first kappa shape index (κ1) is 12.4. The van der Waals surface area contributed by atoms with Crippen molar-refractivity contribution >= 4 is 28.5 Å². The summed E-state index contributed by atoms with van der Waals surface area (Å²) in [5, 5.41) is 17.7. The van der Waals surface area contributed by atoms with Crippen molar-refractivity contribution in [3.05, 3.63) is 6.20 Å². The van der Waals surface area contributed by atoms with Gasteiger partial charge in [-0.3, -0.25) is 10.1 Å². The number of amides is 2. The van der Waals surface area contributed by atoms with E-state index in [9.17, 15) is 9.59 Å². The Hall–Kier alpha value is -1.70. The van der Waals surface area contributed by atoms with Gasteiger partial charge >= 0.3 is 12.0 Å². The lowest BCUT2D eigenvalue weighted by atomic mass is 10.0. The number of hydrogen-bond donors (Lipinski definition) is 3. The van der Waals surface area contributed by atoms with Gasteiger partial charge in [0.2, 0.25) is 0 Å². The molecule has 0 radical (unpaired) electrons. The first-order valence-electron chi connectivity index (χ1n) is 4.47. The van der Waals surface area contributed by atoms with Gasteiger partial charge < -0.3 is 10.4 Å². The molecule has 1 aromatic rings. The third-order valence-corrected chi connectivity index (χ3v) is 2.22. The molecule has 0 aliphatic heterocycles. The van der Waals surface area contributed by atoms with E-state index in [1.54, 1.807) is 13.8 Å². The number of carbonyl (C=O) groups excluding carboxylic acids is 1. The molecule has 88 valence electrons. The van der Waals surface area contributed by atoms with Crippen LogP contribution in [0.2, 0.25) is 0 Å². The van der Waals surface area contributed by atoms with Crippen LogP contribution in [0.3, 0.4) is 0 Å². The van der Waals surface area contributed by atoms with E-state index in [-0.39, 0.29) is 6.42 Å². The van der Waals surface area contributed by atoms with Crippen LogP contribution < -0.4 is 10.6 Å². The third kappa shape index (κ3) is 4.22. The van der Waals surface area contributed by atoms with Gasteiger partial charge in [-0.15, -0.1) is 5.10 Å². The number of nitrogens with one attached hydrogen (secondary N) is 2. The quantitative estimate of drug-likeness (QED) is 0.730. The van der Waals surface area contributed by atoms with E-state index in [0.717, 1.165) is 11.5 Å². The molecule has 0 saturated heterocycles. The molecular weight excluding hydrogens is 232 g/mol. The lowest BCUT2D eigenvalue weighted by Gasteiger charge is -2.23. The third-order valence-electron chi connectivity index (χ3n) is 1.64. The average Bonchev–Trinajstić information content (AvgIpc) is 2.51. The molecule has 8 heteroatoms. The van der Waals surface area contributed by atoms with Gasteiger partial charge in [0.05, 0.1) is 12.6 Å². The summed E-state index contributed by atoms with van der Waals surface area (Å²) < 4.78 is 3.58. The molecule has 0 aliphatic rings. The SMILES string of the molecule is CC(C)(CC(=O)O)NC(=O)Nc1cnns1. The number of carboxylic acid groups (broad SMARTS) is 1. The number of rotatable bonds is 4. The van der Waals surface area contributed by atoms with Crippen molar-refractivity contribution in [2.45, 2.75) is 25.8 Å². The van der Waals surface area contributed by atoms with Crippen molar-refractivity contribution in [3.63, 3.8) is 0 Å². The topological polar surface area (TPSA) is 104 Å². The van der Waals surface area contributed by atoms with Crippen LogP contribution in [0, 0.1) is 0 Å². The van der Waals surface area contributed by atoms with Crippen LogP contribution in [0.15, 0.2) is 6.20 Å².